The molecule has 2 nitrogen and oxygen atoms in total. The van der Waals surface area contributed by atoms with Crippen molar-refractivity contribution in [2.24, 2.45) is 0 Å². The van der Waals surface area contributed by atoms with Gasteiger partial charge < -0.3 is 0 Å². The summed E-state index contributed by atoms with van der Waals surface area (Å²) in [5.41, 5.74) is 1.07. The van der Waals surface area contributed by atoms with Crippen LogP contribution in [0.4, 0.5) is 0 Å². The van der Waals surface area contributed by atoms with Crippen LogP contribution in [0, 0.1) is 0 Å². The Kier molecular flexibility index (Phi) is 4.40. The van der Waals surface area contributed by atoms with E-state index in [0.29, 0.717) is 11.4 Å². The minimum atomic E-state index is -3.39. The van der Waals surface area contributed by atoms with Crippen molar-refractivity contribution in [1.82, 2.24) is 0 Å². The Balaban J connectivity index is 2.11. The molecule has 0 saturated carbocycles. The van der Waals surface area contributed by atoms with Gasteiger partial charge in [0.25, 0.3) is 0 Å². The van der Waals surface area contributed by atoms with E-state index in [1.165, 1.54) is 17.5 Å². The van der Waals surface area contributed by atoms with E-state index in [2.05, 4.69) is 0 Å². The highest BCUT2D eigenvalue weighted by Gasteiger charge is 2.09. The van der Waals surface area contributed by atoms with E-state index in [-0.39, 0.29) is 4.90 Å². The van der Waals surface area contributed by atoms with Gasteiger partial charge >= 0.3 is 0 Å². The summed E-state index contributed by atoms with van der Waals surface area (Å²) in [4.78, 5) is 0.251. The molecule has 0 unspecified atom stereocenters. The molecule has 19 heavy (non-hydrogen) atoms. The molecule has 0 aliphatic carbocycles. The highest BCUT2D eigenvalue weighted by Crippen LogP contribution is 2.16. The van der Waals surface area contributed by atoms with E-state index in [9.17, 15) is 8.42 Å². The quantitative estimate of drug-likeness (QED) is 0.857. The first-order valence-electron chi connectivity index (χ1n) is 5.79. The third-order valence-electron chi connectivity index (χ3n) is 2.61. The van der Waals surface area contributed by atoms with Crippen molar-refractivity contribution in [3.05, 3.63) is 76.7 Å². The maximum absolute atomic E-state index is 12.0. The molecule has 0 bridgehead atoms. The Hall–Kier alpha value is -1.58. The Bertz CT molecular complexity index is 659. The Morgan fingerprint density at radius 3 is 2.21 bits per heavy atom. The first-order chi connectivity index (χ1) is 9.08. The third-order valence-corrected chi connectivity index (χ3v) is 4.35. The molecule has 2 rings (SSSR count). The SMILES string of the molecule is O=S(=O)(C=CCc1ccccc1)c1ccc(Cl)cc1. The molecular weight excluding hydrogens is 280 g/mol. The van der Waals surface area contributed by atoms with Gasteiger partial charge in [0.05, 0.1) is 4.90 Å². The van der Waals surface area contributed by atoms with E-state index in [4.69, 9.17) is 11.6 Å². The molecular formula is C15H13ClO2S. The van der Waals surface area contributed by atoms with Gasteiger partial charge in [0.15, 0.2) is 9.84 Å². The summed E-state index contributed by atoms with van der Waals surface area (Å²) in [5.74, 6) is 0. The molecule has 98 valence electrons. The number of halogens is 1. The summed E-state index contributed by atoms with van der Waals surface area (Å²) >= 11 is 5.73. The van der Waals surface area contributed by atoms with Crippen molar-refractivity contribution in [1.29, 1.82) is 0 Å². The van der Waals surface area contributed by atoms with Crippen LogP contribution in [-0.2, 0) is 16.3 Å². The zero-order chi connectivity index (χ0) is 13.7. The number of allylic oxidation sites excluding steroid dienone is 1. The lowest BCUT2D eigenvalue weighted by molar-refractivity contribution is 0.604. The largest absolute Gasteiger partial charge is 0.219 e. The highest BCUT2D eigenvalue weighted by atomic mass is 35.5. The zero-order valence-corrected chi connectivity index (χ0v) is 11.7. The summed E-state index contributed by atoms with van der Waals surface area (Å²) in [5, 5.41) is 1.76. The second-order valence-electron chi connectivity index (χ2n) is 4.06. The summed E-state index contributed by atoms with van der Waals surface area (Å²) in [6, 6.07) is 15.8. The number of hydrogen-bond donors (Lipinski definition) is 0. The Morgan fingerprint density at radius 2 is 1.58 bits per heavy atom. The van der Waals surface area contributed by atoms with Crippen LogP contribution in [0.2, 0.25) is 5.02 Å². The average Bonchev–Trinajstić information content (AvgIpc) is 2.40. The molecule has 0 N–H and O–H groups in total. The first kappa shape index (κ1) is 13.8. The molecule has 0 heterocycles. The summed E-state index contributed by atoms with van der Waals surface area (Å²) in [7, 11) is -3.39. The molecule has 4 heteroatoms. The van der Waals surface area contributed by atoms with Crippen LogP contribution in [0.25, 0.3) is 0 Å². The average molecular weight is 293 g/mol. The monoisotopic (exact) mass is 292 g/mol. The molecule has 2 aromatic carbocycles. The lowest BCUT2D eigenvalue weighted by Gasteiger charge is -1.99. The summed E-state index contributed by atoms with van der Waals surface area (Å²) in [6.07, 6.45) is 2.24. The minimum absolute atomic E-state index is 0.251. The second-order valence-corrected chi connectivity index (χ2v) is 6.33. The van der Waals surface area contributed by atoms with E-state index in [1.54, 1.807) is 18.2 Å². The minimum Gasteiger partial charge on any atom is -0.219 e. The molecule has 0 saturated heterocycles. The van der Waals surface area contributed by atoms with E-state index in [1.807, 2.05) is 30.3 Å². The third kappa shape index (κ3) is 3.94. The normalized spacial score (nSPS) is 11.8. The van der Waals surface area contributed by atoms with Crippen LogP contribution in [-0.4, -0.2) is 8.42 Å². The van der Waals surface area contributed by atoms with Gasteiger partial charge in [-0.15, -0.1) is 0 Å². The van der Waals surface area contributed by atoms with Crippen LogP contribution in [0.3, 0.4) is 0 Å². The van der Waals surface area contributed by atoms with Gasteiger partial charge in [0.1, 0.15) is 0 Å². The van der Waals surface area contributed by atoms with Gasteiger partial charge in [-0.2, -0.15) is 0 Å². The fourth-order valence-electron chi connectivity index (χ4n) is 1.63. The molecule has 0 atom stereocenters. The Labute approximate surface area is 118 Å². The number of hydrogen-bond acceptors (Lipinski definition) is 2. The molecule has 0 spiro atoms. The van der Waals surface area contributed by atoms with E-state index < -0.39 is 9.84 Å². The van der Waals surface area contributed by atoms with Crippen LogP contribution >= 0.6 is 11.6 Å². The van der Waals surface area contributed by atoms with Crippen LogP contribution in [0.1, 0.15) is 5.56 Å². The zero-order valence-electron chi connectivity index (χ0n) is 10.2. The van der Waals surface area contributed by atoms with Crippen molar-refractivity contribution in [3.8, 4) is 0 Å². The molecule has 0 radical (unpaired) electrons. The fraction of sp³-hybridized carbons (Fsp3) is 0.0667. The summed E-state index contributed by atoms with van der Waals surface area (Å²) in [6.45, 7) is 0. The van der Waals surface area contributed by atoms with Crippen LogP contribution in [0.15, 0.2) is 71.0 Å². The predicted octanol–water partition coefficient (Wildman–Crippen LogP) is 3.87. The van der Waals surface area contributed by atoms with E-state index in [0.717, 1.165) is 5.56 Å². The molecule has 2 aromatic rings. The van der Waals surface area contributed by atoms with Gasteiger partial charge in [-0.25, -0.2) is 8.42 Å². The molecule has 0 fully saturated rings. The Morgan fingerprint density at radius 1 is 0.947 bits per heavy atom. The lowest BCUT2D eigenvalue weighted by Crippen LogP contribution is -1.96. The first-order valence-corrected chi connectivity index (χ1v) is 7.71. The van der Waals surface area contributed by atoms with Crippen molar-refractivity contribution >= 4 is 21.4 Å². The number of benzene rings is 2. The second kappa shape index (κ2) is 6.04. The number of rotatable bonds is 4. The summed E-state index contributed by atoms with van der Waals surface area (Å²) < 4.78 is 24.0. The lowest BCUT2D eigenvalue weighted by atomic mass is 10.2. The number of sulfone groups is 1. The molecule has 0 aromatic heterocycles. The molecule has 0 aliphatic heterocycles. The van der Waals surface area contributed by atoms with Gasteiger partial charge in [0, 0.05) is 10.4 Å². The highest BCUT2D eigenvalue weighted by molar-refractivity contribution is 7.94. The van der Waals surface area contributed by atoms with Crippen molar-refractivity contribution in [2.45, 2.75) is 11.3 Å². The maximum Gasteiger partial charge on any atom is 0.199 e. The van der Waals surface area contributed by atoms with Crippen LogP contribution < -0.4 is 0 Å². The van der Waals surface area contributed by atoms with Crippen LogP contribution in [0.5, 0.6) is 0 Å². The standard InChI is InChI=1S/C15H13ClO2S/c16-14-8-10-15(11-9-14)19(17,18)12-4-7-13-5-2-1-3-6-13/h1-6,8-12H,7H2. The van der Waals surface area contributed by atoms with Gasteiger partial charge in [0.2, 0.25) is 0 Å². The van der Waals surface area contributed by atoms with Crippen molar-refractivity contribution in [3.63, 3.8) is 0 Å². The van der Waals surface area contributed by atoms with Crippen molar-refractivity contribution in [2.75, 3.05) is 0 Å². The van der Waals surface area contributed by atoms with Gasteiger partial charge in [-0.05, 0) is 36.2 Å². The molecule has 0 aliphatic rings. The van der Waals surface area contributed by atoms with Gasteiger partial charge in [-0.3, -0.25) is 0 Å². The van der Waals surface area contributed by atoms with Crippen molar-refractivity contribution < 1.29 is 8.42 Å². The topological polar surface area (TPSA) is 34.1 Å². The fourth-order valence-corrected chi connectivity index (χ4v) is 2.78. The maximum atomic E-state index is 12.0. The smallest absolute Gasteiger partial charge is 0.199 e. The predicted molar refractivity (Wildman–Crippen MR) is 77.9 cm³/mol. The molecule has 0 amide bonds. The van der Waals surface area contributed by atoms with Gasteiger partial charge in [-0.1, -0.05) is 48.0 Å². The van der Waals surface area contributed by atoms with E-state index >= 15 is 0 Å².